The summed E-state index contributed by atoms with van der Waals surface area (Å²) in [6, 6.07) is 27.3. The van der Waals surface area contributed by atoms with Gasteiger partial charge in [-0.15, -0.1) is 0 Å². The molecule has 3 aromatic carbocycles. The van der Waals surface area contributed by atoms with Gasteiger partial charge in [-0.1, -0.05) is 72.3 Å². The van der Waals surface area contributed by atoms with Crippen LogP contribution in [0.1, 0.15) is 29.9 Å². The summed E-state index contributed by atoms with van der Waals surface area (Å²) in [5, 5.41) is 13.3. The number of para-hydroxylation sites is 1. The highest BCUT2D eigenvalue weighted by molar-refractivity contribution is 5.89. The quantitative estimate of drug-likeness (QED) is 0.574. The van der Waals surface area contributed by atoms with E-state index in [2.05, 4.69) is 65.7 Å². The number of benzene rings is 3. The lowest BCUT2D eigenvalue weighted by Crippen LogP contribution is -2.68. The van der Waals surface area contributed by atoms with E-state index in [0.717, 1.165) is 31.6 Å². The Morgan fingerprint density at radius 1 is 0.912 bits per heavy atom. The number of amides is 2. The first-order chi connectivity index (χ1) is 16.6. The molecule has 2 amide bonds. The fourth-order valence-electron chi connectivity index (χ4n) is 5.49. The zero-order chi connectivity index (χ0) is 23.5. The van der Waals surface area contributed by atoms with Crippen LogP contribution in [-0.4, -0.2) is 59.3 Å². The molecule has 2 saturated heterocycles. The number of rotatable bonds is 4. The van der Waals surface area contributed by atoms with Gasteiger partial charge >= 0.3 is 6.03 Å². The second-order valence-corrected chi connectivity index (χ2v) is 9.52. The highest BCUT2D eigenvalue weighted by Gasteiger charge is 2.49. The van der Waals surface area contributed by atoms with Crippen molar-refractivity contribution in [1.82, 2.24) is 9.80 Å². The fraction of sp³-hybridized carbons (Fsp3) is 0.345. The molecule has 2 N–H and O–H groups in total. The number of aryl methyl sites for hydroxylation is 1. The maximum absolute atomic E-state index is 13.1. The summed E-state index contributed by atoms with van der Waals surface area (Å²) in [5.74, 6) is 0.210. The maximum Gasteiger partial charge on any atom is 0.321 e. The minimum absolute atomic E-state index is 0.0473. The van der Waals surface area contributed by atoms with Crippen molar-refractivity contribution in [2.24, 2.45) is 0 Å². The van der Waals surface area contributed by atoms with Gasteiger partial charge < -0.3 is 15.3 Å². The molecule has 2 heterocycles. The van der Waals surface area contributed by atoms with E-state index in [9.17, 15) is 9.90 Å². The number of hydrogen-bond donors (Lipinski definition) is 2. The third-order valence-electron chi connectivity index (χ3n) is 7.36. The Labute approximate surface area is 202 Å². The zero-order valence-electron chi connectivity index (χ0n) is 19.7. The minimum atomic E-state index is -0.0473. The fourth-order valence-corrected chi connectivity index (χ4v) is 5.49. The standard InChI is InChI=1S/C29H33N3O2/c1-21-9-11-22(12-10-21)23-13-15-24(16-14-23)28-26-19-31(17-5-6-18-32(26)27(28)20-33)29(34)30-25-7-3-2-4-8-25/h2-4,7-16,26-28,33H,5-6,17-20H2,1H3,(H,30,34)/t26-,27+,28+/m1/s1. The SMILES string of the molecule is Cc1ccc(-c2ccc([C@H]3[C@H]4CN(C(=O)Nc5ccccc5)CCCCN4[C@H]3CO)cc2)cc1. The van der Waals surface area contributed by atoms with Gasteiger partial charge in [0.05, 0.1) is 6.61 Å². The van der Waals surface area contributed by atoms with Crippen molar-refractivity contribution in [3.63, 3.8) is 0 Å². The van der Waals surface area contributed by atoms with Crippen LogP contribution in [-0.2, 0) is 0 Å². The second kappa shape index (κ2) is 10.00. The average Bonchev–Trinajstić information content (AvgIpc) is 2.84. The summed E-state index contributed by atoms with van der Waals surface area (Å²) in [4.78, 5) is 17.4. The van der Waals surface area contributed by atoms with Crippen LogP contribution in [0.4, 0.5) is 10.5 Å². The van der Waals surface area contributed by atoms with Gasteiger partial charge in [0.1, 0.15) is 0 Å². The number of hydrogen-bond acceptors (Lipinski definition) is 3. The number of anilines is 1. The van der Waals surface area contributed by atoms with Crippen LogP contribution in [0.25, 0.3) is 11.1 Å². The largest absolute Gasteiger partial charge is 0.395 e. The molecule has 0 spiro atoms. The molecule has 2 aliphatic heterocycles. The topological polar surface area (TPSA) is 55.8 Å². The molecular formula is C29H33N3O2. The molecule has 176 valence electrons. The van der Waals surface area contributed by atoms with E-state index in [1.165, 1.54) is 22.3 Å². The van der Waals surface area contributed by atoms with Crippen LogP contribution in [0.15, 0.2) is 78.9 Å². The monoisotopic (exact) mass is 455 g/mol. The number of nitrogens with zero attached hydrogens (tertiary/aromatic N) is 2. The summed E-state index contributed by atoms with van der Waals surface area (Å²) >= 11 is 0. The van der Waals surface area contributed by atoms with Gasteiger partial charge in [0.15, 0.2) is 0 Å². The molecule has 5 nitrogen and oxygen atoms in total. The summed E-state index contributed by atoms with van der Waals surface area (Å²) in [7, 11) is 0. The van der Waals surface area contributed by atoms with E-state index in [0.29, 0.717) is 6.54 Å². The number of aliphatic hydroxyl groups excluding tert-OH is 1. The van der Waals surface area contributed by atoms with Gasteiger partial charge in [-0.25, -0.2) is 4.79 Å². The third kappa shape index (κ3) is 4.59. The molecule has 2 fully saturated rings. The smallest absolute Gasteiger partial charge is 0.321 e. The molecule has 34 heavy (non-hydrogen) atoms. The van der Waals surface area contributed by atoms with E-state index in [-0.39, 0.29) is 30.6 Å². The summed E-state index contributed by atoms with van der Waals surface area (Å²) in [5.41, 5.74) is 5.71. The normalized spacial score (nSPS) is 22.8. The number of nitrogens with one attached hydrogen (secondary N) is 1. The number of urea groups is 1. The number of carbonyl (C=O) groups excluding carboxylic acids is 1. The van der Waals surface area contributed by atoms with Gasteiger partial charge in [-0.3, -0.25) is 4.90 Å². The van der Waals surface area contributed by atoms with Crippen molar-refractivity contribution < 1.29 is 9.90 Å². The van der Waals surface area contributed by atoms with Crippen LogP contribution < -0.4 is 5.32 Å². The molecule has 2 aliphatic rings. The molecule has 0 aromatic heterocycles. The zero-order valence-corrected chi connectivity index (χ0v) is 19.7. The predicted molar refractivity (Wildman–Crippen MR) is 137 cm³/mol. The summed E-state index contributed by atoms with van der Waals surface area (Å²) < 4.78 is 0. The Kier molecular flexibility index (Phi) is 6.66. The van der Waals surface area contributed by atoms with Crippen molar-refractivity contribution in [2.45, 2.75) is 37.8 Å². The van der Waals surface area contributed by atoms with Gasteiger partial charge in [0, 0.05) is 36.8 Å². The number of carbonyl (C=O) groups is 1. The molecular weight excluding hydrogens is 422 g/mol. The van der Waals surface area contributed by atoms with Crippen molar-refractivity contribution in [3.05, 3.63) is 90.0 Å². The van der Waals surface area contributed by atoms with Crippen LogP contribution in [0.5, 0.6) is 0 Å². The lowest BCUT2D eigenvalue weighted by Gasteiger charge is -2.57. The van der Waals surface area contributed by atoms with Gasteiger partial charge in [-0.2, -0.15) is 0 Å². The van der Waals surface area contributed by atoms with Crippen molar-refractivity contribution >= 4 is 11.7 Å². The number of fused-ring (bicyclic) bond motifs is 1. The predicted octanol–water partition coefficient (Wildman–Crippen LogP) is 5.12. The van der Waals surface area contributed by atoms with E-state index < -0.39 is 0 Å². The molecule has 0 aliphatic carbocycles. The Bertz CT molecular complexity index is 1100. The average molecular weight is 456 g/mol. The van der Waals surface area contributed by atoms with Crippen LogP contribution in [0, 0.1) is 6.92 Å². The van der Waals surface area contributed by atoms with Crippen LogP contribution in [0.3, 0.4) is 0 Å². The van der Waals surface area contributed by atoms with E-state index in [1.54, 1.807) is 0 Å². The lowest BCUT2D eigenvalue weighted by molar-refractivity contribution is -0.0585. The Balaban J connectivity index is 1.34. The van der Waals surface area contributed by atoms with E-state index in [1.807, 2.05) is 35.2 Å². The molecule has 3 atom stereocenters. The van der Waals surface area contributed by atoms with Crippen molar-refractivity contribution in [1.29, 1.82) is 0 Å². The van der Waals surface area contributed by atoms with E-state index >= 15 is 0 Å². The molecule has 3 aromatic rings. The van der Waals surface area contributed by atoms with Crippen molar-refractivity contribution in [3.8, 4) is 11.1 Å². The van der Waals surface area contributed by atoms with Crippen molar-refractivity contribution in [2.75, 3.05) is 31.6 Å². The third-order valence-corrected chi connectivity index (χ3v) is 7.36. The molecule has 5 heteroatoms. The second-order valence-electron chi connectivity index (χ2n) is 9.52. The van der Waals surface area contributed by atoms with Gasteiger partial charge in [-0.05, 0) is 55.1 Å². The van der Waals surface area contributed by atoms with Crippen LogP contribution in [0.2, 0.25) is 0 Å². The summed E-state index contributed by atoms with van der Waals surface area (Å²) in [6.07, 6.45) is 2.00. The first-order valence-corrected chi connectivity index (χ1v) is 12.3. The highest BCUT2D eigenvalue weighted by Crippen LogP contribution is 2.42. The molecule has 0 bridgehead atoms. The highest BCUT2D eigenvalue weighted by atomic mass is 16.3. The molecule has 5 rings (SSSR count). The van der Waals surface area contributed by atoms with Gasteiger partial charge in [0.25, 0.3) is 0 Å². The first-order valence-electron chi connectivity index (χ1n) is 12.3. The van der Waals surface area contributed by atoms with Gasteiger partial charge in [0.2, 0.25) is 0 Å². The molecule has 0 saturated carbocycles. The molecule has 0 radical (unpaired) electrons. The van der Waals surface area contributed by atoms with Crippen LogP contribution >= 0.6 is 0 Å². The summed E-state index contributed by atoms with van der Waals surface area (Å²) in [6.45, 7) is 4.63. The molecule has 0 unspecified atom stereocenters. The Morgan fingerprint density at radius 2 is 1.56 bits per heavy atom. The number of aliphatic hydroxyl groups is 1. The Hall–Kier alpha value is -3.15. The lowest BCUT2D eigenvalue weighted by atomic mass is 9.74. The minimum Gasteiger partial charge on any atom is -0.395 e. The first kappa shape index (κ1) is 22.6. The Morgan fingerprint density at radius 3 is 2.24 bits per heavy atom. The van der Waals surface area contributed by atoms with E-state index in [4.69, 9.17) is 0 Å². The maximum atomic E-state index is 13.1.